The molecule has 1 aromatic rings. The van der Waals surface area contributed by atoms with Gasteiger partial charge in [0.25, 0.3) is 0 Å². The summed E-state index contributed by atoms with van der Waals surface area (Å²) in [5.41, 5.74) is 0.637. The Bertz CT molecular complexity index is 305. The van der Waals surface area contributed by atoms with Crippen molar-refractivity contribution in [3.8, 4) is 0 Å². The number of hydrogen-bond donors (Lipinski definition) is 0. The molecule has 13 heavy (non-hydrogen) atoms. The van der Waals surface area contributed by atoms with Gasteiger partial charge in [0.2, 0.25) is 0 Å². The monoisotopic (exact) mass is 196 g/mol. The fourth-order valence-corrected chi connectivity index (χ4v) is 1.41. The molecule has 70 valence electrons. The van der Waals surface area contributed by atoms with E-state index in [2.05, 4.69) is 0 Å². The Morgan fingerprint density at radius 2 is 2.00 bits per heavy atom. The van der Waals surface area contributed by atoms with Crippen LogP contribution in [0.5, 0.6) is 0 Å². The van der Waals surface area contributed by atoms with Gasteiger partial charge in [0, 0.05) is 12.0 Å². The Kier molecular flexibility index (Phi) is 3.49. The molecule has 0 atom stereocenters. The molecule has 0 aliphatic heterocycles. The van der Waals surface area contributed by atoms with Gasteiger partial charge in [-0.1, -0.05) is 37.6 Å². The van der Waals surface area contributed by atoms with E-state index >= 15 is 0 Å². The van der Waals surface area contributed by atoms with E-state index in [1.807, 2.05) is 26.0 Å². The molecule has 0 heterocycles. The predicted octanol–water partition coefficient (Wildman–Crippen LogP) is 3.57. The molecular weight excluding hydrogens is 184 g/mol. The van der Waals surface area contributed by atoms with Gasteiger partial charge in [-0.2, -0.15) is 0 Å². The number of carbonyl (C=O) groups excluding carboxylic acids is 1. The van der Waals surface area contributed by atoms with Crippen molar-refractivity contribution in [1.82, 2.24) is 0 Å². The van der Waals surface area contributed by atoms with Crippen molar-refractivity contribution in [1.29, 1.82) is 0 Å². The Labute approximate surface area is 83.7 Å². The molecule has 0 saturated heterocycles. The second-order valence-electron chi connectivity index (χ2n) is 3.50. The van der Waals surface area contributed by atoms with E-state index in [4.69, 9.17) is 11.6 Å². The number of hydrogen-bond acceptors (Lipinski definition) is 1. The van der Waals surface area contributed by atoms with Crippen LogP contribution in [0.25, 0.3) is 0 Å². The lowest BCUT2D eigenvalue weighted by molar-refractivity contribution is 0.0968. The zero-order chi connectivity index (χ0) is 9.84. The maximum Gasteiger partial charge on any atom is 0.164 e. The molecule has 0 radical (unpaired) electrons. The first-order valence-corrected chi connectivity index (χ1v) is 4.76. The average Bonchev–Trinajstić information content (AvgIpc) is 2.03. The molecule has 2 heteroatoms. The Balaban J connectivity index is 2.83. The summed E-state index contributed by atoms with van der Waals surface area (Å²) in [6.45, 7) is 4.05. The maximum atomic E-state index is 11.6. The quantitative estimate of drug-likeness (QED) is 0.676. The van der Waals surface area contributed by atoms with Crippen LogP contribution in [0.4, 0.5) is 0 Å². The van der Waals surface area contributed by atoms with Crippen LogP contribution in [0, 0.1) is 5.92 Å². The fraction of sp³-hybridized carbons (Fsp3) is 0.364. The van der Waals surface area contributed by atoms with Gasteiger partial charge in [-0.3, -0.25) is 4.79 Å². The fourth-order valence-electron chi connectivity index (χ4n) is 1.17. The maximum absolute atomic E-state index is 11.6. The van der Waals surface area contributed by atoms with Crippen LogP contribution >= 0.6 is 11.6 Å². The van der Waals surface area contributed by atoms with Gasteiger partial charge < -0.3 is 0 Å². The van der Waals surface area contributed by atoms with E-state index in [0.717, 1.165) is 0 Å². The summed E-state index contributed by atoms with van der Waals surface area (Å²) in [6, 6.07) is 7.18. The first-order valence-electron chi connectivity index (χ1n) is 4.39. The van der Waals surface area contributed by atoms with Crippen molar-refractivity contribution in [2.75, 3.05) is 0 Å². The van der Waals surface area contributed by atoms with Crippen LogP contribution in [0.15, 0.2) is 24.3 Å². The Hall–Kier alpha value is -0.820. The molecule has 1 aromatic carbocycles. The zero-order valence-corrected chi connectivity index (χ0v) is 8.64. The molecular formula is C11H13ClO. The van der Waals surface area contributed by atoms with E-state index in [9.17, 15) is 4.79 Å². The standard InChI is InChI=1S/C11H13ClO/c1-8(2)7-11(13)9-5-3-4-6-10(9)12/h3-6,8H,7H2,1-2H3. The summed E-state index contributed by atoms with van der Waals surface area (Å²) >= 11 is 5.88. The van der Waals surface area contributed by atoms with Crippen molar-refractivity contribution >= 4 is 17.4 Å². The highest BCUT2D eigenvalue weighted by Gasteiger charge is 2.10. The lowest BCUT2D eigenvalue weighted by Gasteiger charge is -2.04. The predicted molar refractivity (Wildman–Crippen MR) is 55.2 cm³/mol. The summed E-state index contributed by atoms with van der Waals surface area (Å²) < 4.78 is 0. The number of rotatable bonds is 3. The third kappa shape index (κ3) is 2.85. The van der Waals surface area contributed by atoms with E-state index in [0.29, 0.717) is 22.9 Å². The highest BCUT2D eigenvalue weighted by Crippen LogP contribution is 2.18. The molecule has 0 aromatic heterocycles. The van der Waals surface area contributed by atoms with Gasteiger partial charge in [-0.15, -0.1) is 0 Å². The number of Topliss-reactive ketones (excluding diaryl/α,β-unsaturated/α-hetero) is 1. The molecule has 0 amide bonds. The lowest BCUT2D eigenvalue weighted by Crippen LogP contribution is -2.03. The Morgan fingerprint density at radius 1 is 1.38 bits per heavy atom. The van der Waals surface area contributed by atoms with Crippen LogP contribution in [0.3, 0.4) is 0 Å². The summed E-state index contributed by atoms with van der Waals surface area (Å²) in [5, 5.41) is 0.549. The average molecular weight is 197 g/mol. The number of ketones is 1. The Morgan fingerprint density at radius 3 is 2.54 bits per heavy atom. The third-order valence-corrected chi connectivity index (χ3v) is 2.10. The van der Waals surface area contributed by atoms with Crippen molar-refractivity contribution in [3.63, 3.8) is 0 Å². The molecule has 0 bridgehead atoms. The van der Waals surface area contributed by atoms with Gasteiger partial charge in [0.1, 0.15) is 0 Å². The van der Waals surface area contributed by atoms with Gasteiger partial charge >= 0.3 is 0 Å². The highest BCUT2D eigenvalue weighted by atomic mass is 35.5. The first kappa shape index (κ1) is 10.3. The SMILES string of the molecule is CC(C)CC(=O)c1ccccc1Cl. The van der Waals surface area contributed by atoms with E-state index in [1.54, 1.807) is 12.1 Å². The molecule has 0 aliphatic carbocycles. The third-order valence-electron chi connectivity index (χ3n) is 1.77. The van der Waals surface area contributed by atoms with Crippen LogP contribution in [-0.2, 0) is 0 Å². The van der Waals surface area contributed by atoms with E-state index in [1.165, 1.54) is 0 Å². The normalized spacial score (nSPS) is 10.5. The number of benzene rings is 1. The molecule has 0 spiro atoms. The summed E-state index contributed by atoms with van der Waals surface area (Å²) in [6.07, 6.45) is 0.559. The van der Waals surface area contributed by atoms with Crippen molar-refractivity contribution in [3.05, 3.63) is 34.9 Å². The van der Waals surface area contributed by atoms with Crippen LogP contribution < -0.4 is 0 Å². The molecule has 0 fully saturated rings. The van der Waals surface area contributed by atoms with Crippen LogP contribution in [0.1, 0.15) is 30.6 Å². The second-order valence-corrected chi connectivity index (χ2v) is 3.91. The topological polar surface area (TPSA) is 17.1 Å². The smallest absolute Gasteiger partial charge is 0.164 e. The summed E-state index contributed by atoms with van der Waals surface area (Å²) in [7, 11) is 0. The molecule has 0 aliphatic rings. The highest BCUT2D eigenvalue weighted by molar-refractivity contribution is 6.33. The summed E-state index contributed by atoms with van der Waals surface area (Å²) in [4.78, 5) is 11.6. The van der Waals surface area contributed by atoms with Gasteiger partial charge in [0.05, 0.1) is 5.02 Å². The summed E-state index contributed by atoms with van der Waals surface area (Å²) in [5.74, 6) is 0.504. The number of halogens is 1. The van der Waals surface area contributed by atoms with Crippen LogP contribution in [-0.4, -0.2) is 5.78 Å². The molecule has 0 N–H and O–H groups in total. The van der Waals surface area contributed by atoms with E-state index < -0.39 is 0 Å². The number of carbonyl (C=O) groups is 1. The molecule has 0 unspecified atom stereocenters. The minimum absolute atomic E-state index is 0.126. The van der Waals surface area contributed by atoms with Gasteiger partial charge in [-0.25, -0.2) is 0 Å². The molecule has 0 saturated carbocycles. The zero-order valence-electron chi connectivity index (χ0n) is 7.88. The van der Waals surface area contributed by atoms with Crippen molar-refractivity contribution in [2.45, 2.75) is 20.3 Å². The second kappa shape index (κ2) is 4.43. The molecule has 1 rings (SSSR count). The lowest BCUT2D eigenvalue weighted by atomic mass is 10.0. The van der Waals surface area contributed by atoms with Crippen LogP contribution in [0.2, 0.25) is 5.02 Å². The minimum Gasteiger partial charge on any atom is -0.294 e. The van der Waals surface area contributed by atoms with Gasteiger partial charge in [-0.05, 0) is 18.1 Å². The minimum atomic E-state index is 0.126. The van der Waals surface area contributed by atoms with E-state index in [-0.39, 0.29) is 5.78 Å². The largest absolute Gasteiger partial charge is 0.294 e. The van der Waals surface area contributed by atoms with Gasteiger partial charge in [0.15, 0.2) is 5.78 Å². The van der Waals surface area contributed by atoms with Crippen molar-refractivity contribution < 1.29 is 4.79 Å². The molecule has 1 nitrogen and oxygen atoms in total. The first-order chi connectivity index (χ1) is 6.11. The van der Waals surface area contributed by atoms with Crippen molar-refractivity contribution in [2.24, 2.45) is 5.92 Å².